The molecule has 0 unspecified atom stereocenters. The maximum atomic E-state index is 10.6. The molecule has 0 aliphatic carbocycles. The van der Waals surface area contributed by atoms with Crippen molar-refractivity contribution < 1.29 is 33.0 Å². The molecule has 0 amide bonds. The van der Waals surface area contributed by atoms with Gasteiger partial charge >= 0.3 is 18.1 Å². The summed E-state index contributed by atoms with van der Waals surface area (Å²) in [7, 11) is 0. The quantitative estimate of drug-likeness (QED) is 0.660. The van der Waals surface area contributed by atoms with Crippen molar-refractivity contribution in [1.29, 1.82) is 0 Å². The minimum absolute atomic E-state index is 0.159. The van der Waals surface area contributed by atoms with Gasteiger partial charge in [0, 0.05) is 19.1 Å². The number of carbonyl (C=O) groups is 2. The number of hydrogen-bond acceptors (Lipinski definition) is 4. The van der Waals surface area contributed by atoms with E-state index in [1.807, 2.05) is 4.90 Å². The van der Waals surface area contributed by atoms with Gasteiger partial charge in [0.15, 0.2) is 0 Å². The molecule has 0 aromatic carbocycles. The summed E-state index contributed by atoms with van der Waals surface area (Å²) < 4.78 is 31.7. The number of piperidine rings is 1. The highest BCUT2D eigenvalue weighted by atomic mass is 19.4. The van der Waals surface area contributed by atoms with Crippen LogP contribution in [0, 0.1) is 0 Å². The second kappa shape index (κ2) is 7.17. The number of nitrogens with two attached hydrogens (primary N) is 1. The Balaban J connectivity index is 0.000000360. The molecule has 0 atom stereocenters. The second-order valence-corrected chi connectivity index (χ2v) is 3.81. The van der Waals surface area contributed by atoms with Crippen LogP contribution >= 0.6 is 0 Å². The Kier molecular flexibility index (Phi) is 6.63. The molecule has 1 heterocycles. The third-order valence-electron chi connectivity index (χ3n) is 2.23. The van der Waals surface area contributed by atoms with Crippen molar-refractivity contribution in [1.82, 2.24) is 4.90 Å². The van der Waals surface area contributed by atoms with Crippen LogP contribution in [-0.4, -0.2) is 58.9 Å². The molecule has 18 heavy (non-hydrogen) atoms. The summed E-state index contributed by atoms with van der Waals surface area (Å²) in [5, 5.41) is 15.6. The molecule has 1 saturated heterocycles. The topological polar surface area (TPSA) is 104 Å². The Morgan fingerprint density at radius 3 is 1.89 bits per heavy atom. The van der Waals surface area contributed by atoms with Gasteiger partial charge in [0.1, 0.15) is 0 Å². The molecule has 0 radical (unpaired) electrons. The first-order valence-corrected chi connectivity index (χ1v) is 5.12. The molecular weight excluding hydrogens is 257 g/mol. The number of halogens is 3. The van der Waals surface area contributed by atoms with Gasteiger partial charge in [0.2, 0.25) is 0 Å². The summed E-state index contributed by atoms with van der Waals surface area (Å²) in [4.78, 5) is 21.1. The minimum Gasteiger partial charge on any atom is -0.480 e. The zero-order valence-electron chi connectivity index (χ0n) is 9.48. The second-order valence-electron chi connectivity index (χ2n) is 3.81. The molecule has 9 heteroatoms. The molecule has 0 aromatic heterocycles. The summed E-state index contributed by atoms with van der Waals surface area (Å²) in [5.41, 5.74) is 5.65. The number of carboxylic acid groups (broad SMARTS) is 2. The van der Waals surface area contributed by atoms with Crippen LogP contribution in [0.2, 0.25) is 0 Å². The molecule has 1 aliphatic rings. The fourth-order valence-corrected chi connectivity index (χ4v) is 1.30. The molecule has 1 rings (SSSR count). The molecule has 4 N–H and O–H groups in total. The van der Waals surface area contributed by atoms with Gasteiger partial charge in [0.25, 0.3) is 0 Å². The SMILES string of the molecule is NC1CCN(CC(=O)O)CC1.O=C(O)C(F)(F)F. The van der Waals surface area contributed by atoms with E-state index in [-0.39, 0.29) is 12.6 Å². The van der Waals surface area contributed by atoms with Crippen molar-refractivity contribution in [3.05, 3.63) is 0 Å². The summed E-state index contributed by atoms with van der Waals surface area (Å²) in [6.45, 7) is 1.81. The largest absolute Gasteiger partial charge is 0.490 e. The molecule has 0 saturated carbocycles. The van der Waals surface area contributed by atoms with Crippen molar-refractivity contribution >= 4 is 11.9 Å². The molecular formula is C9H15F3N2O4. The predicted molar refractivity (Wildman–Crippen MR) is 55.0 cm³/mol. The number of rotatable bonds is 2. The lowest BCUT2D eigenvalue weighted by molar-refractivity contribution is -0.192. The Morgan fingerprint density at radius 2 is 1.61 bits per heavy atom. The van der Waals surface area contributed by atoms with Crippen molar-refractivity contribution in [2.45, 2.75) is 25.1 Å². The first kappa shape index (κ1) is 16.6. The lowest BCUT2D eigenvalue weighted by Crippen LogP contribution is -2.41. The highest BCUT2D eigenvalue weighted by Crippen LogP contribution is 2.13. The monoisotopic (exact) mass is 272 g/mol. The first-order valence-electron chi connectivity index (χ1n) is 5.12. The third kappa shape index (κ3) is 7.85. The number of likely N-dealkylation sites (tertiary alicyclic amines) is 1. The molecule has 0 bridgehead atoms. The predicted octanol–water partition coefficient (Wildman–Crippen LogP) is 0.127. The fraction of sp³-hybridized carbons (Fsp3) is 0.778. The van der Waals surface area contributed by atoms with Gasteiger partial charge < -0.3 is 15.9 Å². The normalized spacial score (nSPS) is 17.8. The van der Waals surface area contributed by atoms with E-state index < -0.39 is 18.1 Å². The van der Waals surface area contributed by atoms with Crippen molar-refractivity contribution in [2.24, 2.45) is 5.73 Å². The Labute approximate surface area is 101 Å². The number of nitrogens with zero attached hydrogens (tertiary/aromatic N) is 1. The van der Waals surface area contributed by atoms with E-state index in [2.05, 4.69) is 0 Å². The number of hydrogen-bond donors (Lipinski definition) is 3. The zero-order chi connectivity index (χ0) is 14.3. The van der Waals surface area contributed by atoms with Gasteiger partial charge in [-0.15, -0.1) is 0 Å². The van der Waals surface area contributed by atoms with Crippen LogP contribution in [0.25, 0.3) is 0 Å². The van der Waals surface area contributed by atoms with Crippen LogP contribution in [0.3, 0.4) is 0 Å². The van der Waals surface area contributed by atoms with Crippen LogP contribution in [0.5, 0.6) is 0 Å². The van der Waals surface area contributed by atoms with Crippen LogP contribution in [0.1, 0.15) is 12.8 Å². The Hall–Kier alpha value is -1.35. The molecule has 6 nitrogen and oxygen atoms in total. The van der Waals surface area contributed by atoms with Crippen LogP contribution < -0.4 is 5.73 Å². The molecule has 1 fully saturated rings. The lowest BCUT2D eigenvalue weighted by atomic mass is 10.1. The standard InChI is InChI=1S/C7H14N2O2.C2HF3O2/c8-6-1-3-9(4-2-6)5-7(10)11;3-2(4,5)1(6)7/h6H,1-5,8H2,(H,10,11);(H,6,7). The van der Waals surface area contributed by atoms with Gasteiger partial charge in [-0.25, -0.2) is 4.79 Å². The van der Waals surface area contributed by atoms with E-state index in [1.165, 1.54) is 0 Å². The van der Waals surface area contributed by atoms with Gasteiger partial charge in [-0.1, -0.05) is 0 Å². The average molecular weight is 272 g/mol. The summed E-state index contributed by atoms with van der Waals surface area (Å²) in [6, 6.07) is 0.278. The molecule has 0 spiro atoms. The molecule has 106 valence electrons. The van der Waals surface area contributed by atoms with Crippen molar-refractivity contribution in [2.75, 3.05) is 19.6 Å². The Bertz CT molecular complexity index is 288. The summed E-state index contributed by atoms with van der Waals surface area (Å²) in [6.07, 6.45) is -3.24. The van der Waals surface area contributed by atoms with E-state index >= 15 is 0 Å². The molecule has 1 aliphatic heterocycles. The maximum absolute atomic E-state index is 10.6. The third-order valence-corrected chi connectivity index (χ3v) is 2.23. The van der Waals surface area contributed by atoms with Crippen LogP contribution in [0.15, 0.2) is 0 Å². The van der Waals surface area contributed by atoms with E-state index in [9.17, 15) is 18.0 Å². The van der Waals surface area contributed by atoms with Crippen LogP contribution in [0.4, 0.5) is 13.2 Å². The van der Waals surface area contributed by atoms with Gasteiger partial charge in [0.05, 0.1) is 6.54 Å². The summed E-state index contributed by atoms with van der Waals surface area (Å²) >= 11 is 0. The number of carboxylic acids is 2. The van der Waals surface area contributed by atoms with Gasteiger partial charge in [-0.3, -0.25) is 9.69 Å². The van der Waals surface area contributed by atoms with E-state index in [0.717, 1.165) is 25.9 Å². The van der Waals surface area contributed by atoms with Crippen molar-refractivity contribution in [3.63, 3.8) is 0 Å². The maximum Gasteiger partial charge on any atom is 0.490 e. The average Bonchev–Trinajstić information content (AvgIpc) is 2.20. The van der Waals surface area contributed by atoms with Crippen molar-refractivity contribution in [3.8, 4) is 0 Å². The number of alkyl halides is 3. The fourth-order valence-electron chi connectivity index (χ4n) is 1.30. The highest BCUT2D eigenvalue weighted by Gasteiger charge is 2.38. The van der Waals surface area contributed by atoms with E-state index in [0.29, 0.717) is 0 Å². The zero-order valence-corrected chi connectivity index (χ0v) is 9.48. The van der Waals surface area contributed by atoms with E-state index in [4.69, 9.17) is 20.7 Å². The van der Waals surface area contributed by atoms with Crippen LogP contribution in [-0.2, 0) is 9.59 Å². The number of aliphatic carboxylic acids is 2. The summed E-state index contributed by atoms with van der Waals surface area (Å²) in [5.74, 6) is -3.51. The highest BCUT2D eigenvalue weighted by molar-refractivity contribution is 5.73. The van der Waals surface area contributed by atoms with Gasteiger partial charge in [-0.05, 0) is 12.8 Å². The molecule has 0 aromatic rings. The lowest BCUT2D eigenvalue weighted by Gasteiger charge is -2.28. The van der Waals surface area contributed by atoms with Gasteiger partial charge in [-0.2, -0.15) is 13.2 Å². The first-order chi connectivity index (χ1) is 8.12. The Morgan fingerprint density at radius 1 is 1.22 bits per heavy atom. The smallest absolute Gasteiger partial charge is 0.480 e. The minimum atomic E-state index is -5.08. The van der Waals surface area contributed by atoms with E-state index in [1.54, 1.807) is 0 Å².